The molecule has 52 valence electrons. The molecule has 2 N–H and O–H groups in total. The molecule has 0 unspecified atom stereocenters. The predicted octanol–water partition coefficient (Wildman–Crippen LogP) is 1.15. The zero-order chi connectivity index (χ0) is 6.95. The van der Waals surface area contributed by atoms with Gasteiger partial charge in [-0.1, -0.05) is 0 Å². The second-order valence-electron chi connectivity index (χ2n) is 1.31. The molecule has 0 amide bonds. The summed E-state index contributed by atoms with van der Waals surface area (Å²) in [6.07, 6.45) is 4.77. The summed E-state index contributed by atoms with van der Waals surface area (Å²) in [6.45, 7) is 0.724. The lowest BCUT2D eigenvalue weighted by Gasteiger charge is -1.91. The van der Waals surface area contributed by atoms with Gasteiger partial charge in [-0.2, -0.15) is 0 Å². The van der Waals surface area contributed by atoms with Crippen LogP contribution < -0.4 is 0 Å². The van der Waals surface area contributed by atoms with Crippen molar-refractivity contribution >= 4 is 0 Å². The average Bonchev–Trinajstić information content (AvgIpc) is 1.89. The minimum Gasteiger partial charge on any atom is -0.516 e. The maximum atomic E-state index is 8.09. The first-order valence-electron chi connectivity index (χ1n) is 2.58. The quantitative estimate of drug-likeness (QED) is 0.443. The van der Waals surface area contributed by atoms with Crippen LogP contribution >= 0.6 is 0 Å². The highest BCUT2D eigenvalue weighted by molar-refractivity contribution is 4.74. The van der Waals surface area contributed by atoms with Crippen LogP contribution in [0, 0.1) is 0 Å². The monoisotopic (exact) mass is 130 g/mol. The minimum absolute atomic E-state index is 0.362. The van der Waals surface area contributed by atoms with Crippen LogP contribution in [0.15, 0.2) is 24.7 Å². The summed E-state index contributed by atoms with van der Waals surface area (Å²) in [5.41, 5.74) is 0. The number of hydrogen-bond donors (Lipinski definition) is 2. The van der Waals surface area contributed by atoms with Crippen LogP contribution in [0.3, 0.4) is 0 Å². The van der Waals surface area contributed by atoms with E-state index in [1.54, 1.807) is 0 Å². The number of hydrogen-bond acceptors (Lipinski definition) is 3. The molecule has 0 saturated carbocycles. The smallest absolute Gasteiger partial charge is 0.0774 e. The van der Waals surface area contributed by atoms with E-state index in [0.29, 0.717) is 13.2 Å². The molecule has 0 aliphatic carbocycles. The first kappa shape index (κ1) is 8.04. The van der Waals surface area contributed by atoms with Gasteiger partial charge in [-0.3, -0.25) is 0 Å². The number of ether oxygens (including phenoxy) is 1. The van der Waals surface area contributed by atoms with Gasteiger partial charge in [-0.15, -0.1) is 0 Å². The normalized spacial score (nSPS) is 11.6. The Kier molecular flexibility index (Phi) is 6.29. The highest BCUT2D eigenvalue weighted by atomic mass is 16.5. The van der Waals surface area contributed by atoms with Crippen LogP contribution in [0.2, 0.25) is 0 Å². The van der Waals surface area contributed by atoms with Crippen molar-refractivity contribution in [2.45, 2.75) is 0 Å². The summed E-state index contributed by atoms with van der Waals surface area (Å²) in [4.78, 5) is 0. The first-order chi connectivity index (χ1) is 4.41. The number of aliphatic hydroxyl groups excluding tert-OH is 2. The Morgan fingerprint density at radius 1 is 1.00 bits per heavy atom. The SMILES string of the molecule is OC=CCOCC=CO. The van der Waals surface area contributed by atoms with Crippen LogP contribution in [0.5, 0.6) is 0 Å². The summed E-state index contributed by atoms with van der Waals surface area (Å²) < 4.78 is 4.82. The molecule has 3 nitrogen and oxygen atoms in total. The van der Waals surface area contributed by atoms with E-state index < -0.39 is 0 Å². The third-order valence-corrected chi connectivity index (χ3v) is 0.639. The van der Waals surface area contributed by atoms with Crippen molar-refractivity contribution in [1.29, 1.82) is 0 Å². The molecule has 0 saturated heterocycles. The van der Waals surface area contributed by atoms with Crippen LogP contribution in [0.25, 0.3) is 0 Å². The van der Waals surface area contributed by atoms with E-state index in [1.807, 2.05) is 0 Å². The summed E-state index contributed by atoms with van der Waals surface area (Å²) in [7, 11) is 0. The predicted molar refractivity (Wildman–Crippen MR) is 34.4 cm³/mol. The Bertz CT molecular complexity index is 84.5. The van der Waals surface area contributed by atoms with Gasteiger partial charge in [0.05, 0.1) is 25.7 Å². The maximum Gasteiger partial charge on any atom is 0.0774 e. The lowest BCUT2D eigenvalue weighted by Crippen LogP contribution is -1.89. The van der Waals surface area contributed by atoms with E-state index in [1.165, 1.54) is 12.2 Å². The molecular formula is C6H10O3. The van der Waals surface area contributed by atoms with Gasteiger partial charge < -0.3 is 14.9 Å². The topological polar surface area (TPSA) is 49.7 Å². The van der Waals surface area contributed by atoms with E-state index in [2.05, 4.69) is 0 Å². The van der Waals surface area contributed by atoms with E-state index in [0.717, 1.165) is 12.5 Å². The molecular weight excluding hydrogens is 120 g/mol. The van der Waals surface area contributed by atoms with Crippen molar-refractivity contribution in [2.75, 3.05) is 13.2 Å². The van der Waals surface area contributed by atoms with Gasteiger partial charge >= 0.3 is 0 Å². The second-order valence-corrected chi connectivity index (χ2v) is 1.31. The molecule has 0 spiro atoms. The van der Waals surface area contributed by atoms with Crippen molar-refractivity contribution in [2.24, 2.45) is 0 Å². The molecule has 0 aromatic carbocycles. The van der Waals surface area contributed by atoms with Crippen molar-refractivity contribution in [3.8, 4) is 0 Å². The van der Waals surface area contributed by atoms with Crippen LogP contribution in [0.4, 0.5) is 0 Å². The third-order valence-electron chi connectivity index (χ3n) is 0.639. The van der Waals surface area contributed by atoms with E-state index in [9.17, 15) is 0 Å². The van der Waals surface area contributed by atoms with Gasteiger partial charge in [0.2, 0.25) is 0 Å². The third kappa shape index (κ3) is 7.04. The molecule has 0 bridgehead atoms. The molecule has 0 aromatic heterocycles. The molecule has 0 fully saturated rings. The fourth-order valence-electron chi connectivity index (χ4n) is 0.290. The lowest BCUT2D eigenvalue weighted by atomic mass is 10.6. The van der Waals surface area contributed by atoms with Gasteiger partial charge in [-0.05, 0) is 12.2 Å². The van der Waals surface area contributed by atoms with Gasteiger partial charge in [0.1, 0.15) is 0 Å². The van der Waals surface area contributed by atoms with Crippen molar-refractivity contribution < 1.29 is 14.9 Å². The van der Waals surface area contributed by atoms with Crippen molar-refractivity contribution in [3.05, 3.63) is 24.7 Å². The molecule has 0 rings (SSSR count). The van der Waals surface area contributed by atoms with Crippen molar-refractivity contribution in [3.63, 3.8) is 0 Å². The van der Waals surface area contributed by atoms with Gasteiger partial charge in [0.25, 0.3) is 0 Å². The summed E-state index contributed by atoms with van der Waals surface area (Å²) in [6, 6.07) is 0. The molecule has 0 heterocycles. The maximum absolute atomic E-state index is 8.09. The molecule has 0 aromatic rings. The van der Waals surface area contributed by atoms with Gasteiger partial charge in [0.15, 0.2) is 0 Å². The molecule has 0 atom stereocenters. The summed E-state index contributed by atoms with van der Waals surface area (Å²) in [5, 5.41) is 16.2. The molecule has 0 radical (unpaired) electrons. The largest absolute Gasteiger partial charge is 0.516 e. The number of rotatable bonds is 4. The summed E-state index contributed by atoms with van der Waals surface area (Å²) >= 11 is 0. The lowest BCUT2D eigenvalue weighted by molar-refractivity contribution is 0.190. The highest BCUT2D eigenvalue weighted by Crippen LogP contribution is 1.76. The highest BCUT2D eigenvalue weighted by Gasteiger charge is 1.75. The Morgan fingerprint density at radius 3 is 1.78 bits per heavy atom. The molecule has 9 heavy (non-hydrogen) atoms. The molecule has 0 aliphatic heterocycles. The second kappa shape index (κ2) is 7.04. The average molecular weight is 130 g/mol. The van der Waals surface area contributed by atoms with E-state index in [-0.39, 0.29) is 0 Å². The zero-order valence-electron chi connectivity index (χ0n) is 5.03. The van der Waals surface area contributed by atoms with Gasteiger partial charge in [0, 0.05) is 0 Å². The Labute approximate surface area is 53.9 Å². The Balaban J connectivity index is 2.91. The Hall–Kier alpha value is -0.960. The standard InChI is InChI=1S/C6H10O3/c7-3-1-5-9-6-2-4-8/h1-4,7-8H,5-6H2. The molecule has 3 heteroatoms. The van der Waals surface area contributed by atoms with Crippen LogP contribution in [-0.2, 0) is 4.74 Å². The Morgan fingerprint density at radius 2 is 1.44 bits per heavy atom. The first-order valence-corrected chi connectivity index (χ1v) is 2.58. The van der Waals surface area contributed by atoms with E-state index in [4.69, 9.17) is 14.9 Å². The zero-order valence-corrected chi connectivity index (χ0v) is 5.03. The summed E-state index contributed by atoms with van der Waals surface area (Å²) in [5.74, 6) is 0. The van der Waals surface area contributed by atoms with Gasteiger partial charge in [-0.25, -0.2) is 0 Å². The molecule has 0 aliphatic rings. The minimum atomic E-state index is 0.362. The fraction of sp³-hybridized carbons (Fsp3) is 0.333. The fourth-order valence-corrected chi connectivity index (χ4v) is 0.290. The van der Waals surface area contributed by atoms with E-state index >= 15 is 0 Å². The van der Waals surface area contributed by atoms with Crippen LogP contribution in [-0.4, -0.2) is 23.4 Å². The van der Waals surface area contributed by atoms with Crippen molar-refractivity contribution in [1.82, 2.24) is 0 Å². The van der Waals surface area contributed by atoms with Crippen LogP contribution in [0.1, 0.15) is 0 Å². The number of aliphatic hydroxyl groups is 2.